The van der Waals surface area contributed by atoms with Crippen molar-refractivity contribution in [2.75, 3.05) is 5.88 Å². The zero-order valence-corrected chi connectivity index (χ0v) is 13.7. The Kier molecular flexibility index (Phi) is 6.86. The standard InChI is InChI=1S/C15H22ClI/c1-3-5-10-15(4-2,12-16)11-13-6-8-14(17)9-7-13/h6-9H,3-5,10-12H2,1-2H3. The minimum absolute atomic E-state index is 0.296. The van der Waals surface area contributed by atoms with Gasteiger partial charge in [0.15, 0.2) is 0 Å². The van der Waals surface area contributed by atoms with Gasteiger partial charge in [-0.15, -0.1) is 11.6 Å². The molecule has 0 radical (unpaired) electrons. The van der Waals surface area contributed by atoms with Crippen LogP contribution in [0, 0.1) is 8.99 Å². The summed E-state index contributed by atoms with van der Waals surface area (Å²) in [6.07, 6.45) is 6.07. The lowest BCUT2D eigenvalue weighted by Gasteiger charge is -2.31. The van der Waals surface area contributed by atoms with E-state index < -0.39 is 0 Å². The predicted octanol–water partition coefficient (Wildman–Crippen LogP) is 5.66. The van der Waals surface area contributed by atoms with Crippen molar-refractivity contribution < 1.29 is 0 Å². The lowest BCUT2D eigenvalue weighted by molar-refractivity contribution is 0.279. The summed E-state index contributed by atoms with van der Waals surface area (Å²) >= 11 is 8.59. The minimum atomic E-state index is 0.296. The predicted molar refractivity (Wildman–Crippen MR) is 85.8 cm³/mol. The van der Waals surface area contributed by atoms with Crippen LogP contribution in [0.5, 0.6) is 0 Å². The Morgan fingerprint density at radius 2 is 1.82 bits per heavy atom. The maximum Gasteiger partial charge on any atom is 0.0283 e. The molecule has 0 nitrogen and oxygen atoms in total. The Bertz CT molecular complexity index is 314. The van der Waals surface area contributed by atoms with Gasteiger partial charge < -0.3 is 0 Å². The molecule has 17 heavy (non-hydrogen) atoms. The highest BCUT2D eigenvalue weighted by Crippen LogP contribution is 2.34. The molecule has 1 unspecified atom stereocenters. The molecule has 2 heteroatoms. The second-order valence-electron chi connectivity index (χ2n) is 4.89. The summed E-state index contributed by atoms with van der Waals surface area (Å²) < 4.78 is 1.30. The molecule has 0 aliphatic carbocycles. The zero-order chi connectivity index (χ0) is 12.7. The Hall–Kier alpha value is 0.240. The van der Waals surface area contributed by atoms with Gasteiger partial charge in [0.1, 0.15) is 0 Å². The van der Waals surface area contributed by atoms with Crippen LogP contribution < -0.4 is 0 Å². The van der Waals surface area contributed by atoms with Crippen molar-refractivity contribution in [2.45, 2.75) is 46.0 Å². The molecule has 0 saturated carbocycles. The minimum Gasteiger partial charge on any atom is -0.126 e. The van der Waals surface area contributed by atoms with E-state index in [1.54, 1.807) is 0 Å². The monoisotopic (exact) mass is 364 g/mol. The average molecular weight is 365 g/mol. The van der Waals surface area contributed by atoms with Crippen LogP contribution in [-0.2, 0) is 6.42 Å². The van der Waals surface area contributed by atoms with Gasteiger partial charge in [-0.3, -0.25) is 0 Å². The van der Waals surface area contributed by atoms with E-state index in [0.29, 0.717) is 5.41 Å². The third-order valence-corrected chi connectivity index (χ3v) is 4.87. The highest BCUT2D eigenvalue weighted by Gasteiger charge is 2.26. The largest absolute Gasteiger partial charge is 0.126 e. The van der Waals surface area contributed by atoms with Crippen molar-refractivity contribution in [3.63, 3.8) is 0 Å². The van der Waals surface area contributed by atoms with Crippen LogP contribution in [-0.4, -0.2) is 5.88 Å². The molecule has 0 amide bonds. The molecular weight excluding hydrogens is 343 g/mol. The third kappa shape index (κ3) is 4.78. The molecule has 0 aliphatic heterocycles. The van der Waals surface area contributed by atoms with Crippen LogP contribution in [0.4, 0.5) is 0 Å². The second kappa shape index (κ2) is 7.63. The van der Waals surface area contributed by atoms with Crippen molar-refractivity contribution in [2.24, 2.45) is 5.41 Å². The fourth-order valence-corrected chi connectivity index (χ4v) is 2.96. The van der Waals surface area contributed by atoms with Crippen molar-refractivity contribution in [1.29, 1.82) is 0 Å². The van der Waals surface area contributed by atoms with Gasteiger partial charge >= 0.3 is 0 Å². The van der Waals surface area contributed by atoms with Crippen LogP contribution in [0.2, 0.25) is 0 Å². The molecule has 1 aromatic rings. The molecule has 0 aliphatic rings. The zero-order valence-electron chi connectivity index (χ0n) is 10.8. The third-order valence-electron chi connectivity index (χ3n) is 3.59. The summed E-state index contributed by atoms with van der Waals surface area (Å²) in [6, 6.07) is 8.85. The van der Waals surface area contributed by atoms with Gasteiger partial charge in [-0.25, -0.2) is 0 Å². The molecule has 0 aromatic heterocycles. The van der Waals surface area contributed by atoms with Crippen LogP contribution in [0.25, 0.3) is 0 Å². The molecule has 0 saturated heterocycles. The first-order valence-electron chi connectivity index (χ1n) is 6.46. The number of benzene rings is 1. The molecule has 0 heterocycles. The Labute approximate surface area is 124 Å². The van der Waals surface area contributed by atoms with Crippen molar-refractivity contribution in [3.8, 4) is 0 Å². The number of unbranched alkanes of at least 4 members (excludes halogenated alkanes) is 1. The van der Waals surface area contributed by atoms with Gasteiger partial charge in [0.25, 0.3) is 0 Å². The van der Waals surface area contributed by atoms with Gasteiger partial charge in [-0.05, 0) is 65.0 Å². The highest BCUT2D eigenvalue weighted by molar-refractivity contribution is 14.1. The molecule has 0 fully saturated rings. The second-order valence-corrected chi connectivity index (χ2v) is 6.41. The van der Waals surface area contributed by atoms with Crippen LogP contribution in [0.15, 0.2) is 24.3 Å². The van der Waals surface area contributed by atoms with Crippen LogP contribution in [0.3, 0.4) is 0 Å². The maximum atomic E-state index is 6.24. The van der Waals surface area contributed by atoms with Gasteiger partial charge in [0.2, 0.25) is 0 Å². The normalized spacial score (nSPS) is 14.6. The first-order valence-corrected chi connectivity index (χ1v) is 8.07. The summed E-state index contributed by atoms with van der Waals surface area (Å²) in [5.41, 5.74) is 1.72. The quantitative estimate of drug-likeness (QED) is 0.432. The Morgan fingerprint density at radius 1 is 1.18 bits per heavy atom. The number of hydrogen-bond acceptors (Lipinski definition) is 0. The summed E-state index contributed by atoms with van der Waals surface area (Å²) in [5, 5.41) is 0. The lowest BCUT2D eigenvalue weighted by atomic mass is 9.77. The first kappa shape index (κ1) is 15.3. The molecule has 1 atom stereocenters. The van der Waals surface area contributed by atoms with Crippen molar-refractivity contribution in [1.82, 2.24) is 0 Å². The molecule has 0 bridgehead atoms. The van der Waals surface area contributed by atoms with E-state index in [4.69, 9.17) is 11.6 Å². The fraction of sp³-hybridized carbons (Fsp3) is 0.600. The van der Waals surface area contributed by atoms with Gasteiger partial charge in [0, 0.05) is 9.45 Å². The van der Waals surface area contributed by atoms with Crippen molar-refractivity contribution in [3.05, 3.63) is 33.4 Å². The fourth-order valence-electron chi connectivity index (χ4n) is 2.19. The molecule has 1 aromatic carbocycles. The van der Waals surface area contributed by atoms with Gasteiger partial charge in [0.05, 0.1) is 0 Å². The molecule has 0 N–H and O–H groups in total. The smallest absolute Gasteiger partial charge is 0.0283 e. The highest BCUT2D eigenvalue weighted by atomic mass is 127. The van der Waals surface area contributed by atoms with E-state index in [1.807, 2.05) is 0 Å². The summed E-state index contributed by atoms with van der Waals surface area (Å²) in [6.45, 7) is 4.52. The first-order chi connectivity index (χ1) is 8.15. The van der Waals surface area contributed by atoms with Crippen LogP contribution >= 0.6 is 34.2 Å². The van der Waals surface area contributed by atoms with E-state index in [-0.39, 0.29) is 0 Å². The Morgan fingerprint density at radius 3 is 2.29 bits per heavy atom. The number of alkyl halides is 1. The van der Waals surface area contributed by atoms with Gasteiger partial charge in [-0.2, -0.15) is 0 Å². The molecular formula is C15H22ClI. The average Bonchev–Trinajstić information content (AvgIpc) is 2.37. The molecule has 96 valence electrons. The van der Waals surface area contributed by atoms with Crippen LogP contribution in [0.1, 0.15) is 45.1 Å². The maximum absolute atomic E-state index is 6.24. The van der Waals surface area contributed by atoms with E-state index in [9.17, 15) is 0 Å². The van der Waals surface area contributed by atoms with Crippen molar-refractivity contribution >= 4 is 34.2 Å². The summed E-state index contributed by atoms with van der Waals surface area (Å²) in [5.74, 6) is 0.773. The number of halogens is 2. The van der Waals surface area contributed by atoms with E-state index in [1.165, 1.54) is 34.8 Å². The topological polar surface area (TPSA) is 0 Å². The Balaban J connectivity index is 2.74. The SMILES string of the molecule is CCCCC(CC)(CCl)Cc1ccc(I)cc1. The van der Waals surface area contributed by atoms with E-state index in [0.717, 1.165) is 12.3 Å². The number of rotatable bonds is 7. The summed E-state index contributed by atoms with van der Waals surface area (Å²) in [4.78, 5) is 0. The molecule has 1 rings (SSSR count). The van der Waals surface area contributed by atoms with Gasteiger partial charge in [-0.1, -0.05) is 38.8 Å². The summed E-state index contributed by atoms with van der Waals surface area (Å²) in [7, 11) is 0. The van der Waals surface area contributed by atoms with E-state index in [2.05, 4.69) is 60.7 Å². The number of hydrogen-bond donors (Lipinski definition) is 0. The van der Waals surface area contributed by atoms with E-state index >= 15 is 0 Å². The molecule has 0 spiro atoms. The lowest BCUT2D eigenvalue weighted by Crippen LogP contribution is -2.25.